The summed E-state index contributed by atoms with van der Waals surface area (Å²) in [4.78, 5) is 13.9. The van der Waals surface area contributed by atoms with Gasteiger partial charge in [-0.25, -0.2) is 0 Å². The average molecular weight is 361 g/mol. The van der Waals surface area contributed by atoms with Crippen LogP contribution in [0.15, 0.2) is 42.5 Å². The Morgan fingerprint density at radius 1 is 1.08 bits per heavy atom. The Morgan fingerprint density at radius 2 is 1.83 bits per heavy atom. The molecule has 0 atom stereocenters. The van der Waals surface area contributed by atoms with E-state index in [0.717, 1.165) is 5.56 Å². The van der Waals surface area contributed by atoms with Crippen LogP contribution in [0.1, 0.15) is 21.7 Å². The smallest absolute Gasteiger partial charge is 0.278 e. The molecule has 1 N–H and O–H groups in total. The van der Waals surface area contributed by atoms with Crippen molar-refractivity contribution in [3.8, 4) is 5.69 Å². The standard InChI is InChI=1S/C17H14Cl2N4O/c1-10-14(19)7-4-8-15(10)20-17(24)16-11(2)21-23(22-16)13-6-3-5-12(18)9-13/h3-9H,1-2H3,(H,20,24). The second-order valence-corrected chi connectivity index (χ2v) is 6.11. The summed E-state index contributed by atoms with van der Waals surface area (Å²) >= 11 is 12.1. The Bertz CT molecular complexity index is 921. The molecule has 0 saturated carbocycles. The molecular weight excluding hydrogens is 347 g/mol. The molecule has 1 amide bonds. The number of hydrogen-bond acceptors (Lipinski definition) is 3. The number of carbonyl (C=O) groups excluding carboxylic acids is 1. The van der Waals surface area contributed by atoms with Crippen LogP contribution in [0.25, 0.3) is 5.69 Å². The number of benzene rings is 2. The SMILES string of the molecule is Cc1nn(-c2cccc(Cl)c2)nc1C(=O)Nc1cccc(Cl)c1C. The lowest BCUT2D eigenvalue weighted by Gasteiger charge is -2.08. The molecule has 1 heterocycles. The molecule has 0 aliphatic carbocycles. The highest BCUT2D eigenvalue weighted by atomic mass is 35.5. The lowest BCUT2D eigenvalue weighted by molar-refractivity contribution is 0.102. The van der Waals surface area contributed by atoms with E-state index in [0.29, 0.717) is 27.1 Å². The number of nitrogens with one attached hydrogen (secondary N) is 1. The van der Waals surface area contributed by atoms with E-state index >= 15 is 0 Å². The number of rotatable bonds is 3. The first-order chi connectivity index (χ1) is 11.5. The minimum Gasteiger partial charge on any atom is -0.320 e. The van der Waals surface area contributed by atoms with Gasteiger partial charge in [0.15, 0.2) is 5.69 Å². The van der Waals surface area contributed by atoms with Gasteiger partial charge in [-0.15, -0.1) is 5.10 Å². The summed E-state index contributed by atoms with van der Waals surface area (Å²) in [7, 11) is 0. The first-order valence-corrected chi connectivity index (χ1v) is 7.97. The zero-order valence-corrected chi connectivity index (χ0v) is 14.6. The summed E-state index contributed by atoms with van der Waals surface area (Å²) < 4.78 is 0. The topological polar surface area (TPSA) is 59.8 Å². The molecule has 0 aliphatic heterocycles. The predicted octanol–water partition coefficient (Wildman–Crippen LogP) is 4.44. The summed E-state index contributed by atoms with van der Waals surface area (Å²) in [5.41, 5.74) is 2.89. The van der Waals surface area contributed by atoms with Crippen LogP contribution >= 0.6 is 23.2 Å². The van der Waals surface area contributed by atoms with Crippen molar-refractivity contribution in [2.75, 3.05) is 5.32 Å². The molecule has 5 nitrogen and oxygen atoms in total. The van der Waals surface area contributed by atoms with Crippen molar-refractivity contribution in [1.29, 1.82) is 0 Å². The number of amides is 1. The molecule has 0 unspecified atom stereocenters. The van der Waals surface area contributed by atoms with Gasteiger partial charge in [0.2, 0.25) is 0 Å². The highest BCUT2D eigenvalue weighted by Gasteiger charge is 2.17. The van der Waals surface area contributed by atoms with Gasteiger partial charge < -0.3 is 5.32 Å². The molecule has 24 heavy (non-hydrogen) atoms. The molecule has 122 valence electrons. The van der Waals surface area contributed by atoms with Crippen molar-refractivity contribution in [3.05, 3.63) is 69.5 Å². The molecule has 0 radical (unpaired) electrons. The number of carbonyl (C=O) groups is 1. The van der Waals surface area contributed by atoms with E-state index in [-0.39, 0.29) is 11.6 Å². The highest BCUT2D eigenvalue weighted by Crippen LogP contribution is 2.23. The number of aromatic nitrogens is 3. The molecule has 0 spiro atoms. The fourth-order valence-corrected chi connectivity index (χ4v) is 2.59. The van der Waals surface area contributed by atoms with Gasteiger partial charge >= 0.3 is 0 Å². The number of anilines is 1. The summed E-state index contributed by atoms with van der Waals surface area (Å²) in [6.45, 7) is 3.57. The number of hydrogen-bond donors (Lipinski definition) is 1. The third-order valence-electron chi connectivity index (χ3n) is 3.55. The minimum atomic E-state index is -0.342. The van der Waals surface area contributed by atoms with Crippen molar-refractivity contribution >= 4 is 34.8 Å². The van der Waals surface area contributed by atoms with Crippen LogP contribution in [0, 0.1) is 13.8 Å². The van der Waals surface area contributed by atoms with Crippen LogP contribution in [0.3, 0.4) is 0 Å². The van der Waals surface area contributed by atoms with Crippen LogP contribution in [0.4, 0.5) is 5.69 Å². The van der Waals surface area contributed by atoms with E-state index in [9.17, 15) is 4.79 Å². The van der Waals surface area contributed by atoms with Crippen molar-refractivity contribution in [2.45, 2.75) is 13.8 Å². The Labute approximate surface area is 149 Å². The molecule has 0 bridgehead atoms. The third-order valence-corrected chi connectivity index (χ3v) is 4.20. The zero-order chi connectivity index (χ0) is 17.3. The van der Waals surface area contributed by atoms with E-state index in [1.165, 1.54) is 4.80 Å². The second-order valence-electron chi connectivity index (χ2n) is 5.27. The monoisotopic (exact) mass is 360 g/mol. The van der Waals surface area contributed by atoms with Crippen molar-refractivity contribution in [3.63, 3.8) is 0 Å². The maximum atomic E-state index is 12.5. The van der Waals surface area contributed by atoms with Crippen LogP contribution < -0.4 is 5.32 Å². The fourth-order valence-electron chi connectivity index (χ4n) is 2.23. The largest absolute Gasteiger partial charge is 0.320 e. The Morgan fingerprint density at radius 3 is 2.58 bits per heavy atom. The van der Waals surface area contributed by atoms with Gasteiger partial charge in [-0.1, -0.05) is 35.3 Å². The van der Waals surface area contributed by atoms with Crippen LogP contribution in [0.5, 0.6) is 0 Å². The van der Waals surface area contributed by atoms with Gasteiger partial charge in [-0.05, 0) is 49.7 Å². The Hall–Kier alpha value is -2.37. The van der Waals surface area contributed by atoms with Crippen LogP contribution in [-0.2, 0) is 0 Å². The van der Waals surface area contributed by atoms with Crippen LogP contribution in [-0.4, -0.2) is 20.9 Å². The van der Waals surface area contributed by atoms with E-state index in [2.05, 4.69) is 15.5 Å². The summed E-state index contributed by atoms with van der Waals surface area (Å²) in [5.74, 6) is -0.342. The third kappa shape index (κ3) is 3.27. The van der Waals surface area contributed by atoms with Crippen molar-refractivity contribution < 1.29 is 4.79 Å². The lowest BCUT2D eigenvalue weighted by atomic mass is 10.2. The van der Waals surface area contributed by atoms with Gasteiger partial charge in [0.05, 0.1) is 11.4 Å². The zero-order valence-electron chi connectivity index (χ0n) is 13.0. The van der Waals surface area contributed by atoms with E-state index in [1.54, 1.807) is 43.3 Å². The predicted molar refractivity (Wildman–Crippen MR) is 95.2 cm³/mol. The van der Waals surface area contributed by atoms with Gasteiger partial charge in [-0.3, -0.25) is 4.79 Å². The summed E-state index contributed by atoms with van der Waals surface area (Å²) in [6.07, 6.45) is 0. The number of nitrogens with zero attached hydrogens (tertiary/aromatic N) is 3. The molecular formula is C17H14Cl2N4O. The van der Waals surface area contributed by atoms with Gasteiger partial charge in [0.1, 0.15) is 0 Å². The quantitative estimate of drug-likeness (QED) is 0.750. The Kier molecular flexibility index (Phi) is 4.55. The number of aryl methyl sites for hydroxylation is 1. The van der Waals surface area contributed by atoms with Gasteiger partial charge in [0, 0.05) is 15.7 Å². The number of halogens is 2. The maximum absolute atomic E-state index is 12.5. The maximum Gasteiger partial charge on any atom is 0.278 e. The van der Waals surface area contributed by atoms with Crippen LogP contribution in [0.2, 0.25) is 10.0 Å². The molecule has 3 rings (SSSR count). The second kappa shape index (κ2) is 6.63. The first-order valence-electron chi connectivity index (χ1n) is 7.22. The summed E-state index contributed by atoms with van der Waals surface area (Å²) in [5, 5.41) is 12.5. The fraction of sp³-hybridized carbons (Fsp3) is 0.118. The minimum absolute atomic E-state index is 0.245. The first kappa shape index (κ1) is 16.5. The summed E-state index contributed by atoms with van der Waals surface area (Å²) in [6, 6.07) is 12.4. The van der Waals surface area contributed by atoms with E-state index in [4.69, 9.17) is 23.2 Å². The van der Waals surface area contributed by atoms with Gasteiger partial charge in [0.25, 0.3) is 5.91 Å². The molecule has 0 saturated heterocycles. The molecule has 1 aromatic heterocycles. The van der Waals surface area contributed by atoms with E-state index < -0.39 is 0 Å². The van der Waals surface area contributed by atoms with E-state index in [1.807, 2.05) is 13.0 Å². The normalized spacial score (nSPS) is 10.7. The van der Waals surface area contributed by atoms with Gasteiger partial charge in [-0.2, -0.15) is 9.90 Å². The van der Waals surface area contributed by atoms with Crippen molar-refractivity contribution in [2.24, 2.45) is 0 Å². The molecule has 7 heteroatoms. The molecule has 0 fully saturated rings. The molecule has 3 aromatic rings. The average Bonchev–Trinajstić information content (AvgIpc) is 2.94. The molecule has 2 aromatic carbocycles. The molecule has 0 aliphatic rings. The Balaban J connectivity index is 1.90. The lowest BCUT2D eigenvalue weighted by Crippen LogP contribution is -2.15. The highest BCUT2D eigenvalue weighted by molar-refractivity contribution is 6.32. The van der Waals surface area contributed by atoms with Crippen molar-refractivity contribution in [1.82, 2.24) is 15.0 Å².